The predicted molar refractivity (Wildman–Crippen MR) is 124 cm³/mol. The standard InChI is InChI=1S/C26H24F4N2O4/c1-35-19-5-4-6-20(14-19)36-21-10-8-17-13-18(25(34,16-27)26(28,29)30)9-11-23(17)32(15-21)24(33)22-7-2-3-12-31-22/h2-7,9,11-14,21,34H,8,10,15-16H2,1H3/t21-,25?/m0/s1. The van der Waals surface area contributed by atoms with Crippen LogP contribution >= 0.6 is 0 Å². The topological polar surface area (TPSA) is 71.9 Å². The first-order valence-electron chi connectivity index (χ1n) is 11.2. The van der Waals surface area contributed by atoms with Crippen LogP contribution in [0.2, 0.25) is 0 Å². The Morgan fingerprint density at radius 2 is 1.89 bits per heavy atom. The van der Waals surface area contributed by atoms with Crippen LogP contribution < -0.4 is 14.4 Å². The van der Waals surface area contributed by atoms with Crippen LogP contribution in [0, 0.1) is 0 Å². The van der Waals surface area contributed by atoms with Gasteiger partial charge in [-0.15, -0.1) is 0 Å². The number of aryl methyl sites for hydroxylation is 1. The summed E-state index contributed by atoms with van der Waals surface area (Å²) >= 11 is 0. The Hall–Kier alpha value is -3.66. The number of pyridine rings is 1. The fourth-order valence-electron chi connectivity index (χ4n) is 4.12. The minimum Gasteiger partial charge on any atom is -0.497 e. The molecule has 190 valence electrons. The lowest BCUT2D eigenvalue weighted by molar-refractivity contribution is -0.271. The summed E-state index contributed by atoms with van der Waals surface area (Å²) in [6.07, 6.45) is -3.71. The number of amides is 1. The number of aliphatic hydroxyl groups is 1. The third-order valence-electron chi connectivity index (χ3n) is 6.11. The molecule has 6 nitrogen and oxygen atoms in total. The Balaban J connectivity index is 1.73. The van der Waals surface area contributed by atoms with Gasteiger partial charge in [0.1, 0.15) is 30.0 Å². The predicted octanol–water partition coefficient (Wildman–Crippen LogP) is 4.85. The van der Waals surface area contributed by atoms with Gasteiger partial charge in [-0.3, -0.25) is 9.78 Å². The van der Waals surface area contributed by atoms with Crippen LogP contribution in [0.3, 0.4) is 0 Å². The van der Waals surface area contributed by atoms with Crippen molar-refractivity contribution in [3.63, 3.8) is 0 Å². The zero-order valence-corrected chi connectivity index (χ0v) is 19.3. The lowest BCUT2D eigenvalue weighted by atomic mass is 9.91. The van der Waals surface area contributed by atoms with Gasteiger partial charge in [0, 0.05) is 18.0 Å². The number of hydrogen-bond acceptors (Lipinski definition) is 5. The molecular formula is C26H24F4N2O4. The van der Waals surface area contributed by atoms with Crippen LogP contribution in [-0.4, -0.2) is 48.6 Å². The van der Waals surface area contributed by atoms with Crippen molar-refractivity contribution >= 4 is 11.6 Å². The highest BCUT2D eigenvalue weighted by Crippen LogP contribution is 2.41. The van der Waals surface area contributed by atoms with E-state index in [1.807, 2.05) is 0 Å². The zero-order valence-electron chi connectivity index (χ0n) is 19.3. The number of hydrogen-bond donors (Lipinski definition) is 1. The first-order chi connectivity index (χ1) is 17.2. The van der Waals surface area contributed by atoms with Gasteiger partial charge >= 0.3 is 6.18 Å². The molecule has 1 aliphatic heterocycles. The monoisotopic (exact) mass is 504 g/mol. The SMILES string of the molecule is COc1cccc(O[C@H]2CCc3cc(C(O)(CF)C(F)(F)F)ccc3N(C(=O)c3ccccn3)C2)c1. The Morgan fingerprint density at radius 1 is 1.11 bits per heavy atom. The van der Waals surface area contributed by atoms with Crippen LogP contribution in [0.25, 0.3) is 0 Å². The summed E-state index contributed by atoms with van der Waals surface area (Å²) in [5.41, 5.74) is -3.45. The highest BCUT2D eigenvalue weighted by molar-refractivity contribution is 6.05. The quantitative estimate of drug-likeness (QED) is 0.486. The molecule has 3 aromatic rings. The minimum absolute atomic E-state index is 0.0889. The number of benzene rings is 2. The van der Waals surface area contributed by atoms with Gasteiger partial charge in [-0.25, -0.2) is 4.39 Å². The van der Waals surface area contributed by atoms with E-state index in [0.29, 0.717) is 29.2 Å². The second kappa shape index (κ2) is 10.1. The number of halogens is 4. The molecule has 36 heavy (non-hydrogen) atoms. The highest BCUT2D eigenvalue weighted by Gasteiger charge is 2.55. The molecule has 0 fully saturated rings. The maximum Gasteiger partial charge on any atom is 0.424 e. The van der Waals surface area contributed by atoms with Gasteiger partial charge in [0.25, 0.3) is 5.91 Å². The van der Waals surface area contributed by atoms with Gasteiger partial charge in [-0.05, 0) is 54.3 Å². The van der Waals surface area contributed by atoms with Crippen LogP contribution in [0.15, 0.2) is 66.9 Å². The van der Waals surface area contributed by atoms with Gasteiger partial charge < -0.3 is 19.5 Å². The van der Waals surface area contributed by atoms with Crippen molar-refractivity contribution in [2.45, 2.75) is 30.7 Å². The molecule has 1 N–H and O–H groups in total. The Morgan fingerprint density at radius 3 is 2.56 bits per heavy atom. The van der Waals surface area contributed by atoms with Crippen LogP contribution in [-0.2, 0) is 12.0 Å². The summed E-state index contributed by atoms with van der Waals surface area (Å²) in [5, 5.41) is 10.1. The molecule has 1 aromatic heterocycles. The lowest BCUT2D eigenvalue weighted by Crippen LogP contribution is -2.44. The van der Waals surface area contributed by atoms with Gasteiger partial charge in [0.05, 0.1) is 13.7 Å². The average molecular weight is 504 g/mol. The van der Waals surface area contributed by atoms with E-state index in [1.165, 1.54) is 30.3 Å². The molecule has 0 saturated heterocycles. The number of rotatable bonds is 6. The number of fused-ring (bicyclic) bond motifs is 1. The number of alkyl halides is 4. The summed E-state index contributed by atoms with van der Waals surface area (Å²) in [6, 6.07) is 15.2. The van der Waals surface area contributed by atoms with Gasteiger partial charge in [0.15, 0.2) is 0 Å². The number of anilines is 1. The first-order valence-corrected chi connectivity index (χ1v) is 11.2. The van der Waals surface area contributed by atoms with E-state index in [1.54, 1.807) is 36.4 Å². The minimum atomic E-state index is -5.22. The normalized spacial score (nSPS) is 17.5. The Labute approximate surface area is 205 Å². The van der Waals surface area contributed by atoms with E-state index in [4.69, 9.17) is 9.47 Å². The van der Waals surface area contributed by atoms with Crippen molar-refractivity contribution < 1.29 is 36.9 Å². The van der Waals surface area contributed by atoms with Gasteiger partial charge in [0.2, 0.25) is 5.60 Å². The second-order valence-corrected chi connectivity index (χ2v) is 8.42. The van der Waals surface area contributed by atoms with Crippen molar-refractivity contribution in [3.05, 3.63) is 83.7 Å². The molecule has 0 aliphatic carbocycles. The third-order valence-corrected chi connectivity index (χ3v) is 6.11. The molecule has 1 unspecified atom stereocenters. The van der Waals surface area contributed by atoms with Crippen molar-refractivity contribution in [1.29, 1.82) is 0 Å². The molecule has 2 atom stereocenters. The first kappa shape index (κ1) is 25.4. The maximum atomic E-state index is 13.5. The van der Waals surface area contributed by atoms with Gasteiger partial charge in [-0.2, -0.15) is 13.2 Å². The summed E-state index contributed by atoms with van der Waals surface area (Å²) in [7, 11) is 1.52. The van der Waals surface area contributed by atoms with E-state index in [2.05, 4.69) is 4.98 Å². The average Bonchev–Trinajstić information content (AvgIpc) is 3.06. The van der Waals surface area contributed by atoms with Crippen molar-refractivity contribution in [1.82, 2.24) is 4.98 Å². The van der Waals surface area contributed by atoms with Crippen molar-refractivity contribution in [2.75, 3.05) is 25.2 Å². The molecule has 2 aromatic carbocycles. The Bertz CT molecular complexity index is 1220. The van der Waals surface area contributed by atoms with Crippen LogP contribution in [0.5, 0.6) is 11.5 Å². The van der Waals surface area contributed by atoms with E-state index in [9.17, 15) is 27.5 Å². The fraction of sp³-hybridized carbons (Fsp3) is 0.308. The number of aromatic nitrogens is 1. The van der Waals surface area contributed by atoms with Gasteiger partial charge in [-0.1, -0.05) is 24.3 Å². The summed E-state index contributed by atoms with van der Waals surface area (Å²) in [5.74, 6) is 0.607. The fourth-order valence-corrected chi connectivity index (χ4v) is 4.12. The van der Waals surface area contributed by atoms with E-state index >= 15 is 0 Å². The molecule has 0 saturated carbocycles. The second-order valence-electron chi connectivity index (χ2n) is 8.42. The summed E-state index contributed by atoms with van der Waals surface area (Å²) in [6.45, 7) is -1.95. The summed E-state index contributed by atoms with van der Waals surface area (Å²) in [4.78, 5) is 18.9. The number of methoxy groups -OCH3 is 1. The number of carbonyl (C=O) groups excluding carboxylic acids is 1. The number of ether oxygens (including phenoxy) is 2. The Kier molecular flexibility index (Phi) is 7.16. The molecule has 0 radical (unpaired) electrons. The molecular weight excluding hydrogens is 480 g/mol. The van der Waals surface area contributed by atoms with E-state index < -0.39 is 36.0 Å². The van der Waals surface area contributed by atoms with Crippen molar-refractivity contribution in [3.8, 4) is 11.5 Å². The molecule has 1 aliphatic rings. The molecule has 2 heterocycles. The zero-order chi connectivity index (χ0) is 25.9. The van der Waals surface area contributed by atoms with Crippen LogP contribution in [0.4, 0.5) is 23.2 Å². The van der Waals surface area contributed by atoms with E-state index in [0.717, 1.165) is 12.1 Å². The number of carbonyl (C=O) groups is 1. The number of nitrogens with zero attached hydrogens (tertiary/aromatic N) is 2. The molecule has 4 rings (SSSR count). The third kappa shape index (κ3) is 4.99. The molecule has 1 amide bonds. The molecule has 0 spiro atoms. The largest absolute Gasteiger partial charge is 0.497 e. The molecule has 0 bridgehead atoms. The lowest BCUT2D eigenvalue weighted by Gasteiger charge is -2.30. The van der Waals surface area contributed by atoms with E-state index in [-0.39, 0.29) is 18.7 Å². The smallest absolute Gasteiger partial charge is 0.424 e. The summed E-state index contributed by atoms with van der Waals surface area (Å²) < 4.78 is 65.3. The maximum absolute atomic E-state index is 13.5. The van der Waals surface area contributed by atoms with Crippen LogP contribution in [0.1, 0.15) is 28.0 Å². The highest BCUT2D eigenvalue weighted by atomic mass is 19.4. The molecule has 10 heteroatoms. The van der Waals surface area contributed by atoms with Crippen molar-refractivity contribution in [2.24, 2.45) is 0 Å².